The summed E-state index contributed by atoms with van der Waals surface area (Å²) in [6.45, 7) is 1.80. The molecular formula is C17H14FN3O2S. The first-order valence-electron chi connectivity index (χ1n) is 7.44. The summed E-state index contributed by atoms with van der Waals surface area (Å²) in [5, 5.41) is 6.96. The summed E-state index contributed by atoms with van der Waals surface area (Å²) in [5.74, 6) is -0.409. The molecule has 0 fully saturated rings. The van der Waals surface area contributed by atoms with Crippen molar-refractivity contribution >= 4 is 15.7 Å². The van der Waals surface area contributed by atoms with Gasteiger partial charge >= 0.3 is 0 Å². The van der Waals surface area contributed by atoms with Crippen molar-refractivity contribution in [1.82, 2.24) is 10.2 Å². The van der Waals surface area contributed by atoms with E-state index in [9.17, 15) is 12.8 Å². The van der Waals surface area contributed by atoms with Gasteiger partial charge in [-0.05, 0) is 31.2 Å². The maximum absolute atomic E-state index is 13.2. The molecule has 0 bridgehead atoms. The molecule has 1 aliphatic rings. The van der Waals surface area contributed by atoms with E-state index in [4.69, 9.17) is 0 Å². The van der Waals surface area contributed by atoms with Gasteiger partial charge in [0.25, 0.3) is 10.0 Å². The monoisotopic (exact) mass is 343 g/mol. The van der Waals surface area contributed by atoms with E-state index in [1.54, 1.807) is 6.92 Å². The van der Waals surface area contributed by atoms with E-state index in [2.05, 4.69) is 10.2 Å². The number of anilines is 1. The lowest BCUT2D eigenvalue weighted by Gasteiger charge is -2.23. The first-order chi connectivity index (χ1) is 11.5. The van der Waals surface area contributed by atoms with Gasteiger partial charge in [0.05, 0.1) is 17.4 Å². The lowest BCUT2D eigenvalue weighted by Crippen LogP contribution is -2.27. The fourth-order valence-corrected chi connectivity index (χ4v) is 4.93. The van der Waals surface area contributed by atoms with Gasteiger partial charge in [-0.2, -0.15) is 13.5 Å². The summed E-state index contributed by atoms with van der Waals surface area (Å²) in [6.07, 6.45) is 0. The number of fused-ring (bicyclic) bond motifs is 1. The largest absolute Gasteiger partial charge is 0.282 e. The Morgan fingerprint density at radius 2 is 1.75 bits per heavy atom. The molecule has 0 aliphatic carbocycles. The van der Waals surface area contributed by atoms with Crippen LogP contribution in [-0.2, 0) is 10.0 Å². The van der Waals surface area contributed by atoms with Gasteiger partial charge in [0.2, 0.25) is 0 Å². The van der Waals surface area contributed by atoms with E-state index in [0.29, 0.717) is 16.9 Å². The SMILES string of the molecule is CC1c2c(-c3ccccc3)n[nH]c2S(=O)(=O)N1c1ccc(F)cc1. The molecule has 0 amide bonds. The summed E-state index contributed by atoms with van der Waals surface area (Å²) in [4.78, 5) is 0. The van der Waals surface area contributed by atoms with Gasteiger partial charge < -0.3 is 0 Å². The highest BCUT2D eigenvalue weighted by Crippen LogP contribution is 2.45. The maximum Gasteiger partial charge on any atom is 0.282 e. The fraction of sp³-hybridized carbons (Fsp3) is 0.118. The smallest absolute Gasteiger partial charge is 0.265 e. The number of halogens is 1. The van der Waals surface area contributed by atoms with Crippen molar-refractivity contribution in [2.24, 2.45) is 0 Å². The van der Waals surface area contributed by atoms with E-state index < -0.39 is 21.9 Å². The number of hydrogen-bond acceptors (Lipinski definition) is 3. The third-order valence-corrected chi connectivity index (χ3v) is 6.06. The zero-order valence-corrected chi connectivity index (χ0v) is 13.6. The van der Waals surface area contributed by atoms with Gasteiger partial charge in [-0.25, -0.2) is 4.39 Å². The topological polar surface area (TPSA) is 66.1 Å². The Labute approximate surface area is 138 Å². The molecule has 4 rings (SSSR count). The Balaban J connectivity index is 1.88. The molecule has 1 aromatic heterocycles. The molecular weight excluding hydrogens is 329 g/mol. The number of aromatic amines is 1. The second-order valence-corrected chi connectivity index (χ2v) is 7.39. The van der Waals surface area contributed by atoms with Crippen molar-refractivity contribution in [2.45, 2.75) is 18.0 Å². The van der Waals surface area contributed by atoms with Gasteiger partial charge in [-0.1, -0.05) is 30.3 Å². The Bertz CT molecular complexity index is 998. The van der Waals surface area contributed by atoms with Crippen LogP contribution in [0.1, 0.15) is 18.5 Å². The van der Waals surface area contributed by atoms with Gasteiger partial charge in [0.1, 0.15) is 5.82 Å². The first-order valence-corrected chi connectivity index (χ1v) is 8.88. The van der Waals surface area contributed by atoms with Gasteiger partial charge in [0, 0.05) is 11.1 Å². The fourth-order valence-electron chi connectivity index (χ4n) is 3.11. The molecule has 0 spiro atoms. The van der Waals surface area contributed by atoms with Crippen LogP contribution >= 0.6 is 0 Å². The number of rotatable bonds is 2. The van der Waals surface area contributed by atoms with Crippen molar-refractivity contribution in [3.8, 4) is 11.3 Å². The van der Waals surface area contributed by atoms with E-state index in [0.717, 1.165) is 5.56 Å². The highest BCUT2D eigenvalue weighted by Gasteiger charge is 2.44. The number of hydrogen-bond donors (Lipinski definition) is 1. The minimum Gasteiger partial charge on any atom is -0.265 e. The van der Waals surface area contributed by atoms with Crippen molar-refractivity contribution in [1.29, 1.82) is 0 Å². The molecule has 24 heavy (non-hydrogen) atoms. The quantitative estimate of drug-likeness (QED) is 0.775. The second-order valence-electron chi connectivity index (χ2n) is 5.63. The van der Waals surface area contributed by atoms with E-state index in [1.807, 2.05) is 30.3 Å². The zero-order valence-electron chi connectivity index (χ0n) is 12.8. The number of sulfonamides is 1. The van der Waals surface area contributed by atoms with Crippen LogP contribution < -0.4 is 4.31 Å². The molecule has 3 aromatic rings. The average molecular weight is 343 g/mol. The molecule has 0 radical (unpaired) electrons. The third kappa shape index (κ3) is 2.05. The van der Waals surface area contributed by atoms with Crippen LogP contribution in [-0.4, -0.2) is 18.6 Å². The van der Waals surface area contributed by atoms with Crippen LogP contribution in [0.25, 0.3) is 11.3 Å². The molecule has 0 saturated carbocycles. The van der Waals surface area contributed by atoms with Crippen LogP contribution in [0.2, 0.25) is 0 Å². The predicted octanol–water partition coefficient (Wildman–Crippen LogP) is 3.49. The summed E-state index contributed by atoms with van der Waals surface area (Å²) in [7, 11) is -3.76. The van der Waals surface area contributed by atoms with Gasteiger partial charge in [-0.15, -0.1) is 0 Å². The Morgan fingerprint density at radius 1 is 1.08 bits per heavy atom. The number of benzene rings is 2. The minimum absolute atomic E-state index is 0.0955. The third-order valence-electron chi connectivity index (χ3n) is 4.18. The molecule has 1 aliphatic heterocycles. The summed E-state index contributed by atoms with van der Waals surface area (Å²) >= 11 is 0. The average Bonchev–Trinajstić information content (AvgIpc) is 3.10. The second kappa shape index (κ2) is 5.17. The van der Waals surface area contributed by atoms with E-state index >= 15 is 0 Å². The van der Waals surface area contributed by atoms with Gasteiger partial charge in [-0.3, -0.25) is 9.40 Å². The van der Waals surface area contributed by atoms with Crippen molar-refractivity contribution in [2.75, 3.05) is 4.31 Å². The normalized spacial score (nSPS) is 18.6. The predicted molar refractivity (Wildman–Crippen MR) is 88.5 cm³/mol. The van der Waals surface area contributed by atoms with Gasteiger partial charge in [0.15, 0.2) is 5.03 Å². The molecule has 7 heteroatoms. The number of nitrogens with zero attached hydrogens (tertiary/aromatic N) is 2. The minimum atomic E-state index is -3.76. The Hall–Kier alpha value is -2.67. The standard InChI is InChI=1S/C17H14FN3O2S/c1-11-15-16(12-5-3-2-4-6-12)19-20-17(15)24(22,23)21(11)14-9-7-13(18)8-10-14/h2-11H,1H3,(H,19,20). The van der Waals surface area contributed by atoms with Crippen LogP contribution in [0.15, 0.2) is 59.6 Å². The number of H-pyrrole nitrogens is 1. The first kappa shape index (κ1) is 14.9. The Morgan fingerprint density at radius 3 is 2.42 bits per heavy atom. The summed E-state index contributed by atoms with van der Waals surface area (Å²) < 4.78 is 40.2. The van der Waals surface area contributed by atoms with Crippen molar-refractivity contribution in [3.63, 3.8) is 0 Å². The Kier molecular flexibility index (Phi) is 3.21. The number of aromatic nitrogens is 2. The molecule has 2 heterocycles. The highest BCUT2D eigenvalue weighted by atomic mass is 32.2. The molecule has 122 valence electrons. The van der Waals surface area contributed by atoms with Crippen LogP contribution in [0.4, 0.5) is 10.1 Å². The van der Waals surface area contributed by atoms with Crippen molar-refractivity contribution < 1.29 is 12.8 Å². The van der Waals surface area contributed by atoms with Crippen LogP contribution in [0.3, 0.4) is 0 Å². The van der Waals surface area contributed by atoms with E-state index in [-0.39, 0.29) is 5.03 Å². The molecule has 1 unspecified atom stereocenters. The number of nitrogens with one attached hydrogen (secondary N) is 1. The highest BCUT2D eigenvalue weighted by molar-refractivity contribution is 7.93. The molecule has 1 atom stereocenters. The molecule has 2 aromatic carbocycles. The van der Waals surface area contributed by atoms with Crippen LogP contribution in [0, 0.1) is 5.82 Å². The lowest BCUT2D eigenvalue weighted by molar-refractivity contribution is 0.589. The molecule has 1 N–H and O–H groups in total. The van der Waals surface area contributed by atoms with Crippen molar-refractivity contribution in [3.05, 3.63) is 66.0 Å². The van der Waals surface area contributed by atoms with E-state index in [1.165, 1.54) is 28.6 Å². The summed E-state index contributed by atoms with van der Waals surface area (Å²) in [6, 6.07) is 14.4. The molecule has 5 nitrogen and oxygen atoms in total. The maximum atomic E-state index is 13.2. The zero-order chi connectivity index (χ0) is 16.9. The lowest BCUT2D eigenvalue weighted by atomic mass is 10.0. The molecule has 0 saturated heterocycles. The van der Waals surface area contributed by atoms with Crippen LogP contribution in [0.5, 0.6) is 0 Å². The summed E-state index contributed by atoms with van der Waals surface area (Å²) in [5.41, 5.74) is 2.52.